The van der Waals surface area contributed by atoms with Gasteiger partial charge in [-0.25, -0.2) is 9.59 Å². The van der Waals surface area contributed by atoms with Crippen LogP contribution < -0.4 is 10.1 Å². The maximum atomic E-state index is 12.6. The number of hydrogen-bond acceptors (Lipinski definition) is 6. The Morgan fingerprint density at radius 3 is 2.79 bits per heavy atom. The summed E-state index contributed by atoms with van der Waals surface area (Å²) in [6.45, 7) is 3.91. The first-order chi connectivity index (χ1) is 13.9. The van der Waals surface area contributed by atoms with E-state index in [-0.39, 0.29) is 24.1 Å². The summed E-state index contributed by atoms with van der Waals surface area (Å²) >= 11 is 0. The largest absolute Gasteiger partial charge is 0.491 e. The van der Waals surface area contributed by atoms with Crippen LogP contribution >= 0.6 is 0 Å². The number of methoxy groups -OCH3 is 1. The first kappa shape index (κ1) is 20.2. The molecule has 1 aromatic carbocycles. The summed E-state index contributed by atoms with van der Waals surface area (Å²) in [5, 5.41) is 2.56. The number of rotatable bonds is 7. The maximum absolute atomic E-state index is 12.6. The molecule has 0 bridgehead atoms. The Kier molecular flexibility index (Phi) is 6.01. The zero-order chi connectivity index (χ0) is 21.0. The third-order valence-electron chi connectivity index (χ3n) is 4.41. The summed E-state index contributed by atoms with van der Waals surface area (Å²) in [7, 11) is 1.24. The molecule has 2 aromatic rings. The molecule has 1 atom stereocenters. The fourth-order valence-electron chi connectivity index (χ4n) is 2.70. The van der Waals surface area contributed by atoms with E-state index in [1.165, 1.54) is 19.2 Å². The highest BCUT2D eigenvalue weighted by atomic mass is 16.5. The fourth-order valence-corrected chi connectivity index (χ4v) is 2.70. The number of urea groups is 1. The molecule has 3 amide bonds. The standard InChI is InChI=1S/C21H22N2O6/c1-4-13(2)28-15-7-5-6-14(10-15)11-17-19(24)23(21(26)22-17)12-16-8-9-18(29-16)20(25)27-3/h5-11,13H,4,12H2,1-3H3,(H,22,26). The SMILES string of the molecule is CCC(C)Oc1cccc(C=C2NC(=O)N(Cc3ccc(C(=O)OC)o3)C2=O)c1. The third-order valence-corrected chi connectivity index (χ3v) is 4.41. The predicted octanol–water partition coefficient (Wildman–Crippen LogP) is 3.34. The average molecular weight is 398 g/mol. The van der Waals surface area contributed by atoms with Crippen LogP contribution in [0, 0.1) is 0 Å². The summed E-state index contributed by atoms with van der Waals surface area (Å²) in [5.41, 5.74) is 0.873. The average Bonchev–Trinajstić information content (AvgIpc) is 3.28. The van der Waals surface area contributed by atoms with E-state index in [4.69, 9.17) is 9.15 Å². The first-order valence-corrected chi connectivity index (χ1v) is 9.19. The van der Waals surface area contributed by atoms with E-state index < -0.39 is 17.9 Å². The molecular formula is C21H22N2O6. The highest BCUT2D eigenvalue weighted by Gasteiger charge is 2.34. The number of furan rings is 1. The minimum atomic E-state index is -0.631. The summed E-state index contributed by atoms with van der Waals surface area (Å²) in [4.78, 5) is 37.3. The lowest BCUT2D eigenvalue weighted by molar-refractivity contribution is -0.123. The van der Waals surface area contributed by atoms with Gasteiger partial charge in [-0.3, -0.25) is 9.69 Å². The normalized spacial score (nSPS) is 16.1. The number of amides is 3. The van der Waals surface area contributed by atoms with E-state index in [2.05, 4.69) is 10.1 Å². The van der Waals surface area contributed by atoms with Crippen LogP contribution in [0.4, 0.5) is 4.79 Å². The molecule has 1 aromatic heterocycles. The molecule has 1 saturated heterocycles. The van der Waals surface area contributed by atoms with Gasteiger partial charge >= 0.3 is 12.0 Å². The number of benzene rings is 1. The van der Waals surface area contributed by atoms with E-state index in [0.29, 0.717) is 11.5 Å². The van der Waals surface area contributed by atoms with Gasteiger partial charge in [0.1, 0.15) is 17.2 Å². The summed E-state index contributed by atoms with van der Waals surface area (Å²) in [6.07, 6.45) is 2.54. The number of carbonyl (C=O) groups is 3. The summed E-state index contributed by atoms with van der Waals surface area (Å²) < 4.78 is 15.7. The highest BCUT2D eigenvalue weighted by Crippen LogP contribution is 2.21. The van der Waals surface area contributed by atoms with E-state index >= 15 is 0 Å². The Hall–Kier alpha value is -3.55. The molecule has 1 unspecified atom stereocenters. The molecule has 0 spiro atoms. The van der Waals surface area contributed by atoms with E-state index in [1.807, 2.05) is 32.0 Å². The van der Waals surface area contributed by atoms with Crippen LogP contribution in [0.1, 0.15) is 42.1 Å². The van der Waals surface area contributed by atoms with Gasteiger partial charge in [0.05, 0.1) is 19.8 Å². The molecule has 1 N–H and O–H groups in total. The van der Waals surface area contributed by atoms with Gasteiger partial charge in [0.15, 0.2) is 0 Å². The molecule has 3 rings (SSSR count). The molecule has 8 heteroatoms. The Labute approximate surface area is 168 Å². The van der Waals surface area contributed by atoms with Crippen molar-refractivity contribution in [3.8, 4) is 5.75 Å². The van der Waals surface area contributed by atoms with E-state index in [0.717, 1.165) is 16.9 Å². The molecule has 1 fully saturated rings. The van der Waals surface area contributed by atoms with Crippen molar-refractivity contribution in [2.75, 3.05) is 7.11 Å². The monoisotopic (exact) mass is 398 g/mol. The minimum Gasteiger partial charge on any atom is -0.491 e. The molecule has 2 heterocycles. The van der Waals surface area contributed by atoms with Crippen molar-refractivity contribution >= 4 is 24.0 Å². The van der Waals surface area contributed by atoms with Gasteiger partial charge in [-0.1, -0.05) is 19.1 Å². The zero-order valence-corrected chi connectivity index (χ0v) is 16.4. The molecule has 152 valence electrons. The van der Waals surface area contributed by atoms with E-state index in [9.17, 15) is 14.4 Å². The molecule has 0 saturated carbocycles. The Morgan fingerprint density at radius 1 is 1.28 bits per heavy atom. The van der Waals surface area contributed by atoms with Crippen molar-refractivity contribution in [1.82, 2.24) is 10.2 Å². The highest BCUT2D eigenvalue weighted by molar-refractivity contribution is 6.13. The van der Waals surface area contributed by atoms with Crippen molar-refractivity contribution in [3.05, 3.63) is 59.2 Å². The van der Waals surface area contributed by atoms with Crippen molar-refractivity contribution in [1.29, 1.82) is 0 Å². The number of carbonyl (C=O) groups excluding carboxylic acids is 3. The van der Waals surface area contributed by atoms with E-state index in [1.54, 1.807) is 12.1 Å². The van der Waals surface area contributed by atoms with Crippen LogP contribution in [-0.2, 0) is 16.1 Å². The number of nitrogens with zero attached hydrogens (tertiary/aromatic N) is 1. The van der Waals surface area contributed by atoms with Crippen molar-refractivity contribution in [2.24, 2.45) is 0 Å². The Morgan fingerprint density at radius 2 is 2.07 bits per heavy atom. The van der Waals surface area contributed by atoms with Gasteiger partial charge in [0, 0.05) is 0 Å². The van der Waals surface area contributed by atoms with Crippen LogP contribution in [0.3, 0.4) is 0 Å². The number of esters is 1. The molecule has 1 aliphatic heterocycles. The Bertz CT molecular complexity index is 962. The molecule has 29 heavy (non-hydrogen) atoms. The second-order valence-corrected chi connectivity index (χ2v) is 6.55. The van der Waals surface area contributed by atoms with Gasteiger partial charge in [-0.05, 0) is 49.2 Å². The quantitative estimate of drug-likeness (QED) is 0.436. The van der Waals surface area contributed by atoms with Crippen LogP contribution in [0.25, 0.3) is 6.08 Å². The molecular weight excluding hydrogens is 376 g/mol. The second-order valence-electron chi connectivity index (χ2n) is 6.55. The van der Waals surface area contributed by atoms with Gasteiger partial charge < -0.3 is 19.2 Å². The molecule has 0 radical (unpaired) electrons. The lowest BCUT2D eigenvalue weighted by atomic mass is 10.1. The smallest absolute Gasteiger partial charge is 0.373 e. The number of ether oxygens (including phenoxy) is 2. The molecule has 8 nitrogen and oxygen atoms in total. The number of nitrogens with one attached hydrogen (secondary N) is 1. The lowest BCUT2D eigenvalue weighted by Gasteiger charge is -2.12. The molecule has 1 aliphatic rings. The van der Waals surface area contributed by atoms with Crippen LogP contribution in [0.15, 0.2) is 46.5 Å². The van der Waals surface area contributed by atoms with Crippen molar-refractivity contribution < 1.29 is 28.3 Å². The minimum absolute atomic E-state index is 0.00319. The van der Waals surface area contributed by atoms with Crippen molar-refractivity contribution in [2.45, 2.75) is 32.9 Å². The zero-order valence-electron chi connectivity index (χ0n) is 16.4. The van der Waals surface area contributed by atoms with Crippen LogP contribution in [0.2, 0.25) is 0 Å². The number of hydrogen-bond donors (Lipinski definition) is 1. The first-order valence-electron chi connectivity index (χ1n) is 9.19. The van der Waals surface area contributed by atoms with Gasteiger partial charge in [0.2, 0.25) is 5.76 Å². The maximum Gasteiger partial charge on any atom is 0.373 e. The van der Waals surface area contributed by atoms with Crippen LogP contribution in [0.5, 0.6) is 5.75 Å². The van der Waals surface area contributed by atoms with Crippen LogP contribution in [-0.4, -0.2) is 36.0 Å². The summed E-state index contributed by atoms with van der Waals surface area (Å²) in [5.74, 6) is -0.136. The fraction of sp³-hybridized carbons (Fsp3) is 0.286. The number of imide groups is 1. The van der Waals surface area contributed by atoms with Gasteiger partial charge in [-0.2, -0.15) is 0 Å². The third kappa shape index (κ3) is 4.66. The Balaban J connectivity index is 1.74. The molecule has 0 aliphatic carbocycles. The predicted molar refractivity (Wildman–Crippen MR) is 104 cm³/mol. The van der Waals surface area contributed by atoms with Gasteiger partial charge in [0.25, 0.3) is 5.91 Å². The summed E-state index contributed by atoms with van der Waals surface area (Å²) in [6, 6.07) is 9.66. The van der Waals surface area contributed by atoms with Crippen molar-refractivity contribution in [3.63, 3.8) is 0 Å². The van der Waals surface area contributed by atoms with Gasteiger partial charge in [-0.15, -0.1) is 0 Å². The second kappa shape index (κ2) is 8.64. The lowest BCUT2D eigenvalue weighted by Crippen LogP contribution is -2.30. The topological polar surface area (TPSA) is 98.1 Å².